The molecule has 0 heterocycles. The van der Waals surface area contributed by atoms with E-state index in [2.05, 4.69) is 13.0 Å². The van der Waals surface area contributed by atoms with Crippen molar-refractivity contribution in [2.45, 2.75) is 162 Å². The van der Waals surface area contributed by atoms with E-state index in [4.69, 9.17) is 14.2 Å². The maximum atomic E-state index is 12.9. The zero-order valence-electron chi connectivity index (χ0n) is 25.7. The SMILES string of the molecule is CCCCCCCCCCCCCC/C=C\CC[C@@H](C(=O)OC)N(C(=O)OC(C)(C)C)C(=O)OC(C)(C)C. The average molecular weight is 540 g/mol. The molecule has 1 atom stereocenters. The lowest BCUT2D eigenvalue weighted by molar-refractivity contribution is -0.146. The third-order valence-corrected chi connectivity index (χ3v) is 5.96. The molecule has 0 radical (unpaired) electrons. The van der Waals surface area contributed by atoms with Gasteiger partial charge in [-0.1, -0.05) is 89.7 Å². The van der Waals surface area contributed by atoms with Crippen LogP contribution in [-0.4, -0.2) is 47.4 Å². The number of esters is 1. The summed E-state index contributed by atoms with van der Waals surface area (Å²) in [6, 6.07) is -1.14. The molecule has 0 N–H and O–H groups in total. The predicted molar refractivity (Wildman–Crippen MR) is 154 cm³/mol. The first-order valence-corrected chi connectivity index (χ1v) is 14.8. The van der Waals surface area contributed by atoms with Gasteiger partial charge in [-0.3, -0.25) is 0 Å². The zero-order chi connectivity index (χ0) is 29.0. The number of ether oxygens (including phenoxy) is 3. The fourth-order valence-electron chi connectivity index (χ4n) is 4.03. The molecule has 0 aliphatic carbocycles. The number of methoxy groups -OCH3 is 1. The molecule has 7 nitrogen and oxygen atoms in total. The Labute approximate surface area is 233 Å². The van der Waals surface area contributed by atoms with Crippen LogP contribution in [0.2, 0.25) is 0 Å². The minimum atomic E-state index is -1.14. The fraction of sp³-hybridized carbons (Fsp3) is 0.839. The molecule has 0 fully saturated rings. The minimum absolute atomic E-state index is 0.222. The Hall–Kier alpha value is -2.05. The summed E-state index contributed by atoms with van der Waals surface area (Å²) >= 11 is 0. The van der Waals surface area contributed by atoms with Crippen molar-refractivity contribution < 1.29 is 28.6 Å². The van der Waals surface area contributed by atoms with Crippen molar-refractivity contribution >= 4 is 18.2 Å². The van der Waals surface area contributed by atoms with Gasteiger partial charge in [-0.15, -0.1) is 0 Å². The highest BCUT2D eigenvalue weighted by atomic mass is 16.6. The Morgan fingerprint density at radius 1 is 0.658 bits per heavy atom. The van der Waals surface area contributed by atoms with Gasteiger partial charge in [0.25, 0.3) is 0 Å². The number of allylic oxidation sites excluding steroid dienone is 2. The second kappa shape index (κ2) is 19.9. The Morgan fingerprint density at radius 2 is 1.05 bits per heavy atom. The molecule has 0 aliphatic heterocycles. The molecule has 2 amide bonds. The van der Waals surface area contributed by atoms with Gasteiger partial charge in [0.1, 0.15) is 17.2 Å². The summed E-state index contributed by atoms with van der Waals surface area (Å²) in [7, 11) is 1.24. The summed E-state index contributed by atoms with van der Waals surface area (Å²) in [5.74, 6) is -0.684. The van der Waals surface area contributed by atoms with Gasteiger partial charge in [0.15, 0.2) is 0 Å². The lowest BCUT2D eigenvalue weighted by atomic mass is 10.0. The normalized spacial score (nSPS) is 12.8. The molecule has 38 heavy (non-hydrogen) atoms. The Balaban J connectivity index is 4.61. The highest BCUT2D eigenvalue weighted by molar-refractivity contribution is 5.94. The van der Waals surface area contributed by atoms with Crippen LogP contribution >= 0.6 is 0 Å². The first-order chi connectivity index (χ1) is 17.8. The van der Waals surface area contributed by atoms with Crippen molar-refractivity contribution in [3.8, 4) is 0 Å². The average Bonchev–Trinajstić information content (AvgIpc) is 2.80. The lowest BCUT2D eigenvalue weighted by Crippen LogP contribution is -2.52. The molecule has 0 rings (SSSR count). The maximum Gasteiger partial charge on any atom is 0.420 e. The largest absolute Gasteiger partial charge is 0.467 e. The number of carbonyl (C=O) groups excluding carboxylic acids is 3. The minimum Gasteiger partial charge on any atom is -0.467 e. The summed E-state index contributed by atoms with van der Waals surface area (Å²) < 4.78 is 15.7. The van der Waals surface area contributed by atoms with E-state index in [0.29, 0.717) is 6.42 Å². The van der Waals surface area contributed by atoms with Crippen LogP contribution in [0.4, 0.5) is 9.59 Å². The van der Waals surface area contributed by atoms with E-state index in [-0.39, 0.29) is 6.42 Å². The molecular formula is C31H57NO6. The second-order valence-corrected chi connectivity index (χ2v) is 12.1. The molecular weight excluding hydrogens is 482 g/mol. The quantitative estimate of drug-likeness (QED) is 0.0747. The van der Waals surface area contributed by atoms with Gasteiger partial charge in [0.05, 0.1) is 7.11 Å². The molecule has 0 saturated heterocycles. The highest BCUT2D eigenvalue weighted by Gasteiger charge is 2.40. The third-order valence-electron chi connectivity index (χ3n) is 5.96. The second-order valence-electron chi connectivity index (χ2n) is 12.1. The predicted octanol–water partition coefficient (Wildman–Crippen LogP) is 9.13. The highest BCUT2D eigenvalue weighted by Crippen LogP contribution is 2.20. The van der Waals surface area contributed by atoms with Crippen molar-refractivity contribution in [3.63, 3.8) is 0 Å². The fourth-order valence-corrected chi connectivity index (χ4v) is 4.03. The molecule has 0 aromatic carbocycles. The smallest absolute Gasteiger partial charge is 0.420 e. The number of hydrogen-bond acceptors (Lipinski definition) is 6. The van der Waals surface area contributed by atoms with Crippen LogP contribution in [0, 0.1) is 0 Å². The van der Waals surface area contributed by atoms with Crippen molar-refractivity contribution in [2.24, 2.45) is 0 Å². The molecule has 7 heteroatoms. The number of unbranched alkanes of at least 4 members (excludes halogenated alkanes) is 12. The first kappa shape index (κ1) is 35.9. The lowest BCUT2D eigenvalue weighted by Gasteiger charge is -2.32. The molecule has 0 aliphatic rings. The van der Waals surface area contributed by atoms with Gasteiger partial charge in [-0.05, 0) is 67.2 Å². The van der Waals surface area contributed by atoms with E-state index in [9.17, 15) is 14.4 Å². The summed E-state index contributed by atoms with van der Waals surface area (Å²) in [6.45, 7) is 12.4. The van der Waals surface area contributed by atoms with Crippen LogP contribution in [-0.2, 0) is 19.0 Å². The van der Waals surface area contributed by atoms with Crippen molar-refractivity contribution in [1.82, 2.24) is 4.90 Å². The van der Waals surface area contributed by atoms with Crippen LogP contribution in [0.3, 0.4) is 0 Å². The monoisotopic (exact) mass is 539 g/mol. The van der Waals surface area contributed by atoms with E-state index in [0.717, 1.165) is 17.7 Å². The molecule has 222 valence electrons. The number of carbonyl (C=O) groups is 3. The topological polar surface area (TPSA) is 82.1 Å². The van der Waals surface area contributed by atoms with Crippen LogP contribution in [0.1, 0.15) is 145 Å². The van der Waals surface area contributed by atoms with Crippen LogP contribution in [0.25, 0.3) is 0 Å². The van der Waals surface area contributed by atoms with E-state index in [1.54, 1.807) is 41.5 Å². The number of nitrogens with zero attached hydrogens (tertiary/aromatic N) is 1. The molecule has 0 aromatic heterocycles. The Morgan fingerprint density at radius 3 is 1.45 bits per heavy atom. The number of rotatable bonds is 18. The first-order valence-electron chi connectivity index (χ1n) is 14.8. The third kappa shape index (κ3) is 19.1. The number of imide groups is 1. The molecule has 0 spiro atoms. The van der Waals surface area contributed by atoms with Gasteiger partial charge in [-0.25, -0.2) is 14.4 Å². The zero-order valence-corrected chi connectivity index (χ0v) is 25.7. The van der Waals surface area contributed by atoms with Crippen LogP contribution < -0.4 is 0 Å². The van der Waals surface area contributed by atoms with E-state index >= 15 is 0 Å². The number of hydrogen-bond donors (Lipinski definition) is 0. The maximum absolute atomic E-state index is 12.9. The van der Waals surface area contributed by atoms with Crippen LogP contribution in [0.15, 0.2) is 12.2 Å². The van der Waals surface area contributed by atoms with Crippen LogP contribution in [0.5, 0.6) is 0 Å². The van der Waals surface area contributed by atoms with Crippen molar-refractivity contribution in [2.75, 3.05) is 7.11 Å². The summed E-state index contributed by atoms with van der Waals surface area (Å²) in [5, 5.41) is 0. The van der Waals surface area contributed by atoms with Gasteiger partial charge in [-0.2, -0.15) is 4.90 Å². The molecule has 0 bridgehead atoms. The standard InChI is InChI=1S/C31H57NO6/c1-9-10-11-12-13-14-15-16-17-18-19-20-21-22-23-24-25-26(27(33)36-8)32(28(34)37-30(2,3)4)29(35)38-31(5,6)7/h22-23,26H,9-21,24-25H2,1-8H3/b23-22-/t26-/m0/s1. The van der Waals surface area contributed by atoms with Gasteiger partial charge >= 0.3 is 18.2 Å². The molecule has 0 aromatic rings. The Bertz CT molecular complexity index is 661. The van der Waals surface area contributed by atoms with E-state index < -0.39 is 35.4 Å². The summed E-state index contributed by atoms with van der Waals surface area (Å²) in [4.78, 5) is 39.1. The van der Waals surface area contributed by atoms with Crippen molar-refractivity contribution in [1.29, 1.82) is 0 Å². The van der Waals surface area contributed by atoms with Crippen molar-refractivity contribution in [3.05, 3.63) is 12.2 Å². The molecule has 0 saturated carbocycles. The Kier molecular flexibility index (Phi) is 18.9. The van der Waals surface area contributed by atoms with E-state index in [1.165, 1.54) is 77.7 Å². The summed E-state index contributed by atoms with van der Waals surface area (Å²) in [6.07, 6.45) is 19.8. The number of amides is 2. The van der Waals surface area contributed by atoms with Gasteiger partial charge in [0.2, 0.25) is 0 Å². The molecule has 0 unspecified atom stereocenters. The summed E-state index contributed by atoms with van der Waals surface area (Å²) in [5.41, 5.74) is -1.68. The van der Waals surface area contributed by atoms with Gasteiger partial charge in [0, 0.05) is 0 Å². The van der Waals surface area contributed by atoms with E-state index in [1.807, 2.05) is 6.08 Å². The van der Waals surface area contributed by atoms with Gasteiger partial charge < -0.3 is 14.2 Å².